The third-order valence-electron chi connectivity index (χ3n) is 3.19. The number of phenols is 1. The van der Waals surface area contributed by atoms with Gasteiger partial charge in [-0.2, -0.15) is 0 Å². The summed E-state index contributed by atoms with van der Waals surface area (Å²) in [6, 6.07) is 6.03. The molecule has 0 saturated carbocycles. The summed E-state index contributed by atoms with van der Waals surface area (Å²) in [5.41, 5.74) is 0.875. The molecule has 0 aliphatic heterocycles. The van der Waals surface area contributed by atoms with Gasteiger partial charge in [-0.05, 0) is 18.9 Å². The number of halogens is 1. The van der Waals surface area contributed by atoms with E-state index in [0.29, 0.717) is 17.6 Å². The maximum absolute atomic E-state index is 9.84. The lowest BCUT2D eigenvalue weighted by atomic mass is 10.0. The Hall–Kier alpha value is -0.730. The van der Waals surface area contributed by atoms with Gasteiger partial charge in [0.05, 0.1) is 5.02 Å². The van der Waals surface area contributed by atoms with E-state index in [4.69, 9.17) is 11.6 Å². The lowest BCUT2D eigenvalue weighted by molar-refractivity contribution is 0.422. The van der Waals surface area contributed by atoms with E-state index >= 15 is 0 Å². The molecule has 0 saturated heterocycles. The summed E-state index contributed by atoms with van der Waals surface area (Å²) < 4.78 is 0. The van der Waals surface area contributed by atoms with E-state index in [2.05, 4.69) is 19.2 Å². The zero-order valence-corrected chi connectivity index (χ0v) is 12.1. The van der Waals surface area contributed by atoms with Crippen LogP contribution in [0.4, 0.5) is 0 Å². The van der Waals surface area contributed by atoms with E-state index in [-0.39, 0.29) is 5.75 Å². The highest BCUT2D eigenvalue weighted by molar-refractivity contribution is 6.32. The lowest BCUT2D eigenvalue weighted by Gasteiger charge is -2.18. The van der Waals surface area contributed by atoms with Crippen molar-refractivity contribution in [2.24, 2.45) is 0 Å². The van der Waals surface area contributed by atoms with E-state index in [1.165, 1.54) is 32.1 Å². The van der Waals surface area contributed by atoms with Gasteiger partial charge in [0, 0.05) is 18.2 Å². The Morgan fingerprint density at radius 2 is 2.00 bits per heavy atom. The quantitative estimate of drug-likeness (QED) is 0.729. The standard InChI is InChI=1S/C15H24ClNO/c1-3-5-9-13(7-4-2)17-11-12-8-6-10-14(16)15(12)18/h6,8,10,13,17-18H,3-5,7,9,11H2,1-2H3. The number of para-hydroxylation sites is 1. The van der Waals surface area contributed by atoms with E-state index in [0.717, 1.165) is 5.56 Å². The summed E-state index contributed by atoms with van der Waals surface area (Å²) in [6.45, 7) is 5.10. The first-order valence-electron chi connectivity index (χ1n) is 6.88. The summed E-state index contributed by atoms with van der Waals surface area (Å²) in [7, 11) is 0. The Balaban J connectivity index is 2.52. The van der Waals surface area contributed by atoms with Crippen molar-refractivity contribution < 1.29 is 5.11 Å². The molecule has 0 aliphatic rings. The molecule has 0 aliphatic carbocycles. The second-order valence-corrected chi connectivity index (χ2v) is 5.16. The van der Waals surface area contributed by atoms with Crippen LogP contribution < -0.4 is 5.32 Å². The predicted octanol–water partition coefficient (Wildman–Crippen LogP) is 4.49. The van der Waals surface area contributed by atoms with Gasteiger partial charge in [-0.1, -0.05) is 56.8 Å². The molecule has 3 heteroatoms. The monoisotopic (exact) mass is 269 g/mol. The van der Waals surface area contributed by atoms with E-state index in [9.17, 15) is 5.11 Å². The first kappa shape index (κ1) is 15.3. The van der Waals surface area contributed by atoms with Crippen molar-refractivity contribution in [2.45, 2.75) is 58.5 Å². The molecule has 1 unspecified atom stereocenters. The molecule has 0 heterocycles. The Labute approximate surface area is 115 Å². The smallest absolute Gasteiger partial charge is 0.138 e. The highest BCUT2D eigenvalue weighted by Crippen LogP contribution is 2.26. The van der Waals surface area contributed by atoms with Gasteiger partial charge in [0.2, 0.25) is 0 Å². The van der Waals surface area contributed by atoms with E-state index < -0.39 is 0 Å². The molecular formula is C15H24ClNO. The van der Waals surface area contributed by atoms with Crippen LogP contribution in [0.3, 0.4) is 0 Å². The van der Waals surface area contributed by atoms with Gasteiger partial charge in [0.15, 0.2) is 0 Å². The highest BCUT2D eigenvalue weighted by atomic mass is 35.5. The minimum absolute atomic E-state index is 0.206. The maximum Gasteiger partial charge on any atom is 0.138 e. The van der Waals surface area contributed by atoms with E-state index in [1.54, 1.807) is 6.07 Å². The average molecular weight is 270 g/mol. The largest absolute Gasteiger partial charge is 0.506 e. The zero-order valence-electron chi connectivity index (χ0n) is 11.4. The van der Waals surface area contributed by atoms with Crippen molar-refractivity contribution in [1.82, 2.24) is 5.32 Å². The molecule has 0 fully saturated rings. The second-order valence-electron chi connectivity index (χ2n) is 4.76. The molecule has 102 valence electrons. The fraction of sp³-hybridized carbons (Fsp3) is 0.600. The molecule has 1 rings (SSSR count). The third kappa shape index (κ3) is 4.87. The minimum atomic E-state index is 0.206. The number of unbranched alkanes of at least 4 members (excludes halogenated alkanes) is 1. The first-order chi connectivity index (χ1) is 8.69. The van der Waals surface area contributed by atoms with Crippen LogP contribution in [0.2, 0.25) is 5.02 Å². The Morgan fingerprint density at radius 3 is 2.67 bits per heavy atom. The van der Waals surface area contributed by atoms with Gasteiger partial charge in [-0.15, -0.1) is 0 Å². The maximum atomic E-state index is 9.84. The van der Waals surface area contributed by atoms with Crippen molar-refractivity contribution in [1.29, 1.82) is 0 Å². The second kappa shape index (κ2) is 8.39. The number of phenolic OH excluding ortho intramolecular Hbond substituents is 1. The Kier molecular flexibility index (Phi) is 7.14. The van der Waals surface area contributed by atoms with E-state index in [1.807, 2.05) is 12.1 Å². The van der Waals surface area contributed by atoms with Crippen LogP contribution >= 0.6 is 11.6 Å². The van der Waals surface area contributed by atoms with Gasteiger partial charge in [0.25, 0.3) is 0 Å². The average Bonchev–Trinajstić information content (AvgIpc) is 2.37. The molecule has 0 radical (unpaired) electrons. The number of nitrogens with one attached hydrogen (secondary N) is 1. The molecule has 0 amide bonds. The number of benzene rings is 1. The molecule has 0 aromatic heterocycles. The molecular weight excluding hydrogens is 246 g/mol. The number of rotatable bonds is 8. The normalized spacial score (nSPS) is 12.6. The topological polar surface area (TPSA) is 32.3 Å². The van der Waals surface area contributed by atoms with Crippen molar-refractivity contribution in [2.75, 3.05) is 0 Å². The molecule has 0 bridgehead atoms. The minimum Gasteiger partial charge on any atom is -0.506 e. The van der Waals surface area contributed by atoms with Gasteiger partial charge >= 0.3 is 0 Å². The van der Waals surface area contributed by atoms with Crippen molar-refractivity contribution >= 4 is 11.6 Å². The molecule has 1 aromatic carbocycles. The fourth-order valence-electron chi connectivity index (χ4n) is 2.10. The summed E-state index contributed by atoms with van der Waals surface area (Å²) in [5.74, 6) is 0.206. The number of hydrogen-bond acceptors (Lipinski definition) is 2. The van der Waals surface area contributed by atoms with Crippen molar-refractivity contribution in [3.63, 3.8) is 0 Å². The number of hydrogen-bond donors (Lipinski definition) is 2. The molecule has 1 atom stereocenters. The third-order valence-corrected chi connectivity index (χ3v) is 3.50. The van der Waals surface area contributed by atoms with Crippen molar-refractivity contribution in [3.8, 4) is 5.75 Å². The summed E-state index contributed by atoms with van der Waals surface area (Å²) in [4.78, 5) is 0. The zero-order chi connectivity index (χ0) is 13.4. The summed E-state index contributed by atoms with van der Waals surface area (Å²) in [6.07, 6.45) is 6.04. The van der Waals surface area contributed by atoms with Crippen LogP contribution in [-0.4, -0.2) is 11.1 Å². The van der Waals surface area contributed by atoms with Crippen LogP contribution in [0.25, 0.3) is 0 Å². The lowest BCUT2D eigenvalue weighted by Crippen LogP contribution is -2.28. The van der Waals surface area contributed by atoms with Crippen molar-refractivity contribution in [3.05, 3.63) is 28.8 Å². The summed E-state index contributed by atoms with van der Waals surface area (Å²) >= 11 is 5.90. The molecule has 1 aromatic rings. The van der Waals surface area contributed by atoms with Crippen LogP contribution in [0, 0.1) is 0 Å². The van der Waals surface area contributed by atoms with Gasteiger partial charge in [-0.25, -0.2) is 0 Å². The molecule has 2 nitrogen and oxygen atoms in total. The summed E-state index contributed by atoms with van der Waals surface area (Å²) in [5, 5.41) is 13.8. The highest BCUT2D eigenvalue weighted by Gasteiger charge is 2.09. The number of aromatic hydroxyl groups is 1. The van der Waals surface area contributed by atoms with Gasteiger partial charge < -0.3 is 10.4 Å². The SMILES string of the molecule is CCCCC(CCC)NCc1cccc(Cl)c1O. The van der Waals surface area contributed by atoms with Crippen LogP contribution in [0.1, 0.15) is 51.5 Å². The van der Waals surface area contributed by atoms with Gasteiger partial charge in [-0.3, -0.25) is 0 Å². The molecule has 0 spiro atoms. The fourth-order valence-corrected chi connectivity index (χ4v) is 2.30. The van der Waals surface area contributed by atoms with Crippen LogP contribution in [0.15, 0.2) is 18.2 Å². The predicted molar refractivity (Wildman–Crippen MR) is 78.2 cm³/mol. The Bertz CT molecular complexity index is 354. The molecule has 18 heavy (non-hydrogen) atoms. The van der Waals surface area contributed by atoms with Crippen LogP contribution in [0.5, 0.6) is 5.75 Å². The Morgan fingerprint density at radius 1 is 1.22 bits per heavy atom. The van der Waals surface area contributed by atoms with Gasteiger partial charge in [0.1, 0.15) is 5.75 Å². The molecule has 2 N–H and O–H groups in total. The first-order valence-corrected chi connectivity index (χ1v) is 7.26. The van der Waals surface area contributed by atoms with Crippen LogP contribution in [-0.2, 0) is 6.54 Å².